The van der Waals surface area contributed by atoms with Crippen molar-refractivity contribution in [2.24, 2.45) is 0 Å². The quantitative estimate of drug-likeness (QED) is 0.359. The lowest BCUT2D eigenvalue weighted by Crippen LogP contribution is -2.23. The van der Waals surface area contributed by atoms with E-state index in [1.54, 1.807) is 6.07 Å². The van der Waals surface area contributed by atoms with Gasteiger partial charge in [-0.15, -0.1) is 0 Å². The van der Waals surface area contributed by atoms with E-state index < -0.39 is 5.60 Å². The Hall–Kier alpha value is -3.34. The number of fused-ring (bicyclic) bond motifs is 1. The van der Waals surface area contributed by atoms with Gasteiger partial charge >= 0.3 is 0 Å². The number of nitrogens with zero attached hydrogens (tertiary/aromatic N) is 2. The first kappa shape index (κ1) is 20.9. The largest absolute Gasteiger partial charge is 0.491 e. The van der Waals surface area contributed by atoms with E-state index in [9.17, 15) is 4.39 Å². The summed E-state index contributed by atoms with van der Waals surface area (Å²) in [5.74, 6) is 0.713. The fourth-order valence-corrected chi connectivity index (χ4v) is 3.43. The molecular weight excluding hydrogens is 391 g/mol. The molecule has 4 rings (SSSR count). The Kier molecular flexibility index (Phi) is 5.44. The molecule has 2 heterocycles. The number of hydrogen-bond acceptors (Lipinski definition) is 3. The van der Waals surface area contributed by atoms with E-state index in [2.05, 4.69) is 4.98 Å². The van der Waals surface area contributed by atoms with Crippen molar-refractivity contribution in [1.82, 2.24) is 9.38 Å². The van der Waals surface area contributed by atoms with Crippen LogP contribution in [0.25, 0.3) is 28.0 Å². The fourth-order valence-electron chi connectivity index (χ4n) is 3.43. The van der Waals surface area contributed by atoms with Crippen LogP contribution in [0.1, 0.15) is 34.6 Å². The Labute approximate surface area is 182 Å². The van der Waals surface area contributed by atoms with Crippen LogP contribution >= 0.6 is 0 Å². The first-order valence-corrected chi connectivity index (χ1v) is 10.4. The summed E-state index contributed by atoms with van der Waals surface area (Å²) in [6, 6.07) is 16.9. The summed E-state index contributed by atoms with van der Waals surface area (Å²) in [6.45, 7) is 9.71. The van der Waals surface area contributed by atoms with Crippen LogP contribution in [-0.4, -0.2) is 21.1 Å². The summed E-state index contributed by atoms with van der Waals surface area (Å²) < 4.78 is 28.1. The molecule has 0 aliphatic heterocycles. The molecular formula is C26H27FN2O2. The van der Waals surface area contributed by atoms with E-state index >= 15 is 0 Å². The lowest BCUT2D eigenvalue weighted by atomic mass is 10.1. The first-order valence-electron chi connectivity index (χ1n) is 10.4. The van der Waals surface area contributed by atoms with Crippen molar-refractivity contribution in [1.29, 1.82) is 0 Å². The molecule has 4 aromatic rings. The molecule has 0 N–H and O–H groups in total. The third-order valence-electron chi connectivity index (χ3n) is 4.71. The monoisotopic (exact) mass is 418 g/mol. The van der Waals surface area contributed by atoms with Gasteiger partial charge in [0.2, 0.25) is 0 Å². The molecule has 0 aliphatic carbocycles. The van der Waals surface area contributed by atoms with Gasteiger partial charge in [-0.2, -0.15) is 0 Å². The van der Waals surface area contributed by atoms with E-state index in [1.165, 1.54) is 6.07 Å². The minimum Gasteiger partial charge on any atom is -0.491 e. The zero-order chi connectivity index (χ0) is 22.2. The normalized spacial score (nSPS) is 11.8. The number of halogens is 1. The Balaban J connectivity index is 1.68. The van der Waals surface area contributed by atoms with E-state index in [-0.39, 0.29) is 17.7 Å². The lowest BCUT2D eigenvalue weighted by Gasteiger charge is -2.21. The van der Waals surface area contributed by atoms with Crippen molar-refractivity contribution in [3.05, 3.63) is 72.8 Å². The van der Waals surface area contributed by atoms with Gasteiger partial charge in [0.25, 0.3) is 0 Å². The van der Waals surface area contributed by atoms with Gasteiger partial charge in [0, 0.05) is 11.8 Å². The number of pyridine rings is 1. The molecule has 0 amide bonds. The second kappa shape index (κ2) is 8.06. The highest BCUT2D eigenvalue weighted by Gasteiger charge is 2.16. The molecule has 0 unspecified atom stereocenters. The Morgan fingerprint density at radius 2 is 1.58 bits per heavy atom. The molecule has 0 radical (unpaired) electrons. The van der Waals surface area contributed by atoms with Crippen molar-refractivity contribution in [2.75, 3.05) is 0 Å². The van der Waals surface area contributed by atoms with Crippen LogP contribution in [0.4, 0.5) is 4.39 Å². The number of aromatic nitrogens is 2. The van der Waals surface area contributed by atoms with Gasteiger partial charge in [-0.25, -0.2) is 9.37 Å². The highest BCUT2D eigenvalue weighted by atomic mass is 19.1. The van der Waals surface area contributed by atoms with Gasteiger partial charge in [-0.3, -0.25) is 4.40 Å². The Morgan fingerprint density at radius 1 is 0.903 bits per heavy atom. The molecule has 0 atom stereocenters. The fraction of sp³-hybridized carbons (Fsp3) is 0.269. The smallest absolute Gasteiger partial charge is 0.165 e. The molecule has 0 saturated carbocycles. The maximum Gasteiger partial charge on any atom is 0.165 e. The second-order valence-corrected chi connectivity index (χ2v) is 8.84. The number of rotatable bonds is 5. The third-order valence-corrected chi connectivity index (χ3v) is 4.71. The van der Waals surface area contributed by atoms with Crippen LogP contribution in [0.2, 0.25) is 0 Å². The number of hydrogen-bond donors (Lipinski definition) is 0. The van der Waals surface area contributed by atoms with Gasteiger partial charge in [0.15, 0.2) is 11.6 Å². The molecule has 2 aromatic carbocycles. The van der Waals surface area contributed by atoms with Crippen LogP contribution in [0.15, 0.2) is 67.0 Å². The average molecular weight is 419 g/mol. The average Bonchev–Trinajstić information content (AvgIpc) is 3.12. The van der Waals surface area contributed by atoms with Crippen LogP contribution in [0, 0.1) is 5.82 Å². The molecule has 0 spiro atoms. The minimum atomic E-state index is -0.456. The predicted molar refractivity (Wildman–Crippen MR) is 122 cm³/mol. The molecule has 160 valence electrons. The van der Waals surface area contributed by atoms with E-state index in [4.69, 9.17) is 9.47 Å². The van der Waals surface area contributed by atoms with E-state index in [1.807, 2.05) is 93.9 Å². The number of imidazole rings is 1. The van der Waals surface area contributed by atoms with Gasteiger partial charge in [0.1, 0.15) is 17.0 Å². The SMILES string of the molecule is CC(C)Oc1ccc(-c2cnc3ccc(-c4ccc(OC(C)(C)C)c(F)c4)cn23)cc1. The van der Waals surface area contributed by atoms with E-state index in [0.29, 0.717) is 0 Å². The third kappa shape index (κ3) is 4.71. The molecule has 0 bridgehead atoms. The van der Waals surface area contributed by atoms with Crippen LogP contribution in [0.3, 0.4) is 0 Å². The maximum atomic E-state index is 14.6. The van der Waals surface area contributed by atoms with Crippen LogP contribution in [0.5, 0.6) is 11.5 Å². The van der Waals surface area contributed by atoms with Crippen molar-refractivity contribution < 1.29 is 13.9 Å². The van der Waals surface area contributed by atoms with Gasteiger partial charge in [-0.1, -0.05) is 6.07 Å². The summed E-state index contributed by atoms with van der Waals surface area (Å²) in [7, 11) is 0. The summed E-state index contributed by atoms with van der Waals surface area (Å²) in [5.41, 5.74) is 4.04. The predicted octanol–water partition coefficient (Wildman–Crippen LogP) is 6.77. The summed E-state index contributed by atoms with van der Waals surface area (Å²) >= 11 is 0. The Morgan fingerprint density at radius 3 is 2.23 bits per heavy atom. The van der Waals surface area contributed by atoms with Crippen molar-refractivity contribution in [3.8, 4) is 33.9 Å². The summed E-state index contributed by atoms with van der Waals surface area (Å²) in [6.07, 6.45) is 3.96. The van der Waals surface area contributed by atoms with Gasteiger partial charge in [0.05, 0.1) is 18.0 Å². The van der Waals surface area contributed by atoms with Crippen molar-refractivity contribution in [3.63, 3.8) is 0 Å². The summed E-state index contributed by atoms with van der Waals surface area (Å²) in [4.78, 5) is 4.51. The van der Waals surface area contributed by atoms with Crippen molar-refractivity contribution in [2.45, 2.75) is 46.3 Å². The molecule has 0 aliphatic rings. The molecule has 0 saturated heterocycles. The topological polar surface area (TPSA) is 35.8 Å². The zero-order valence-corrected chi connectivity index (χ0v) is 18.5. The van der Waals surface area contributed by atoms with Crippen molar-refractivity contribution >= 4 is 5.65 Å². The van der Waals surface area contributed by atoms with Gasteiger partial charge < -0.3 is 9.47 Å². The first-order chi connectivity index (χ1) is 14.7. The Bertz CT molecular complexity index is 1200. The molecule has 31 heavy (non-hydrogen) atoms. The maximum absolute atomic E-state index is 14.6. The summed E-state index contributed by atoms with van der Waals surface area (Å²) in [5, 5.41) is 0. The zero-order valence-electron chi connectivity index (χ0n) is 18.5. The number of ether oxygens (including phenoxy) is 2. The molecule has 2 aromatic heterocycles. The lowest BCUT2D eigenvalue weighted by molar-refractivity contribution is 0.124. The molecule has 4 nitrogen and oxygen atoms in total. The highest BCUT2D eigenvalue weighted by Crippen LogP contribution is 2.30. The second-order valence-electron chi connectivity index (χ2n) is 8.84. The molecule has 5 heteroatoms. The number of benzene rings is 2. The van der Waals surface area contributed by atoms with Crippen LogP contribution < -0.4 is 9.47 Å². The van der Waals surface area contributed by atoms with Gasteiger partial charge in [-0.05, 0) is 94.3 Å². The van der Waals surface area contributed by atoms with E-state index in [0.717, 1.165) is 33.8 Å². The minimum absolute atomic E-state index is 0.129. The standard InChI is InChI=1S/C26H27FN2O2/c1-17(2)30-21-10-6-18(7-11-21)23-15-28-25-13-9-20(16-29(23)25)19-8-12-24(22(27)14-19)31-26(3,4)5/h6-17H,1-5H3. The van der Waals surface area contributed by atoms with Crippen LogP contribution in [-0.2, 0) is 0 Å². The highest BCUT2D eigenvalue weighted by molar-refractivity contribution is 5.70. The molecule has 0 fully saturated rings.